The van der Waals surface area contributed by atoms with Crippen LogP contribution in [-0.4, -0.2) is 7.25 Å². The van der Waals surface area contributed by atoms with Gasteiger partial charge >= 0.3 is 7.25 Å². The van der Waals surface area contributed by atoms with Crippen molar-refractivity contribution < 1.29 is 36.7 Å². The first-order valence-corrected chi connectivity index (χ1v) is 19.7. The average Bonchev–Trinajstić information content (AvgIpc) is 3.14. The number of allylic oxidation sites excluding steroid dienone is 4. The van der Waals surface area contributed by atoms with E-state index in [4.69, 9.17) is 0 Å². The fourth-order valence-corrected chi connectivity index (χ4v) is 9.82. The van der Waals surface area contributed by atoms with Crippen LogP contribution in [0.2, 0.25) is 0 Å². The Labute approximate surface area is 322 Å². The Morgan fingerprint density at radius 3 is 0.558 bits per heavy atom. The fraction of sp³-hybridized carbons (Fsp3) is 0.0909. The number of rotatable bonds is 6. The predicted molar refractivity (Wildman–Crippen MR) is 217 cm³/mol. The molecule has 8 heteroatoms. The summed E-state index contributed by atoms with van der Waals surface area (Å²) in [5.74, 6) is 0. The van der Waals surface area contributed by atoms with Crippen molar-refractivity contribution in [2.45, 2.75) is 25.7 Å². The summed E-state index contributed by atoms with van der Waals surface area (Å²) in [6.07, 6.45) is 14.0. The van der Waals surface area contributed by atoms with Gasteiger partial charge in [-0.05, 0) is 73.4 Å². The molecule has 7 rings (SSSR count). The zero-order valence-electron chi connectivity index (χ0n) is 28.8. The molecule has 269 valence electrons. The first kappa shape index (κ1) is 42.5. The SMILES string of the molecule is C1=CCCC=CCC1.F[B-](F)(F)F.[Rh].c1ccc(P(c2ccccc2)c2ccccc2)cc1.c1ccc(P(c2ccccc2)c2ccccc2)cc1. The summed E-state index contributed by atoms with van der Waals surface area (Å²) < 4.78 is 39.0. The van der Waals surface area contributed by atoms with E-state index >= 15 is 0 Å². The van der Waals surface area contributed by atoms with Crippen molar-refractivity contribution in [1.82, 2.24) is 0 Å². The van der Waals surface area contributed by atoms with Gasteiger partial charge in [0.25, 0.3) is 0 Å². The van der Waals surface area contributed by atoms with Crippen LogP contribution < -0.4 is 31.8 Å². The van der Waals surface area contributed by atoms with Crippen LogP contribution in [0.4, 0.5) is 17.3 Å². The van der Waals surface area contributed by atoms with Crippen LogP contribution in [0.3, 0.4) is 0 Å². The molecule has 0 unspecified atom stereocenters. The average molecular weight is 822 g/mol. The van der Waals surface area contributed by atoms with Crippen molar-refractivity contribution in [3.63, 3.8) is 0 Å². The topological polar surface area (TPSA) is 0 Å². The van der Waals surface area contributed by atoms with Crippen LogP contribution in [0.15, 0.2) is 206 Å². The molecular weight excluding hydrogens is 780 g/mol. The molecule has 0 N–H and O–H groups in total. The Balaban J connectivity index is 0.000000208. The summed E-state index contributed by atoms with van der Waals surface area (Å²) in [5.41, 5.74) is 0. The Morgan fingerprint density at radius 2 is 0.423 bits per heavy atom. The summed E-state index contributed by atoms with van der Waals surface area (Å²) >= 11 is 0. The third-order valence-electron chi connectivity index (χ3n) is 7.42. The molecule has 0 fully saturated rings. The Morgan fingerprint density at radius 1 is 0.288 bits per heavy atom. The van der Waals surface area contributed by atoms with E-state index < -0.39 is 23.1 Å². The molecule has 1 radical (unpaired) electrons. The largest absolute Gasteiger partial charge is 0.673 e. The van der Waals surface area contributed by atoms with Gasteiger partial charge in [-0.25, -0.2) is 0 Å². The van der Waals surface area contributed by atoms with Crippen LogP contribution in [0.25, 0.3) is 0 Å². The van der Waals surface area contributed by atoms with Crippen molar-refractivity contribution in [2.24, 2.45) is 0 Å². The second kappa shape index (κ2) is 24.3. The van der Waals surface area contributed by atoms with E-state index in [9.17, 15) is 17.3 Å². The monoisotopic (exact) mass is 822 g/mol. The summed E-state index contributed by atoms with van der Waals surface area (Å²) in [6, 6.07) is 64.7. The summed E-state index contributed by atoms with van der Waals surface area (Å²) in [4.78, 5) is 0. The van der Waals surface area contributed by atoms with Gasteiger partial charge in [-0.2, -0.15) is 0 Å². The molecule has 0 amide bonds. The van der Waals surface area contributed by atoms with Gasteiger partial charge < -0.3 is 17.3 Å². The number of benzene rings is 6. The molecule has 6 aromatic rings. The first-order valence-electron chi connectivity index (χ1n) is 17.0. The van der Waals surface area contributed by atoms with Crippen LogP contribution >= 0.6 is 15.8 Å². The van der Waals surface area contributed by atoms with Gasteiger partial charge in [-0.15, -0.1) is 0 Å². The quantitative estimate of drug-likeness (QED) is 0.0680. The third kappa shape index (κ3) is 16.2. The zero-order chi connectivity index (χ0) is 36.0. The van der Waals surface area contributed by atoms with E-state index in [-0.39, 0.29) is 19.5 Å². The molecule has 0 saturated carbocycles. The van der Waals surface area contributed by atoms with Crippen molar-refractivity contribution >= 4 is 54.9 Å². The van der Waals surface area contributed by atoms with Gasteiger partial charge in [0.05, 0.1) is 0 Å². The summed E-state index contributed by atoms with van der Waals surface area (Å²) in [5, 5.41) is 8.39. The molecule has 0 nitrogen and oxygen atoms in total. The van der Waals surface area contributed by atoms with Gasteiger partial charge in [-0.3, -0.25) is 0 Å². The first-order chi connectivity index (χ1) is 24.9. The van der Waals surface area contributed by atoms with Crippen molar-refractivity contribution in [1.29, 1.82) is 0 Å². The zero-order valence-corrected chi connectivity index (χ0v) is 32.2. The van der Waals surface area contributed by atoms with E-state index in [2.05, 4.69) is 206 Å². The van der Waals surface area contributed by atoms with Gasteiger partial charge in [0.2, 0.25) is 0 Å². The summed E-state index contributed by atoms with van der Waals surface area (Å²) in [6.45, 7) is 0. The second-order valence-electron chi connectivity index (χ2n) is 11.3. The molecule has 0 aromatic heterocycles. The maximum Gasteiger partial charge on any atom is 0.673 e. The number of halogens is 4. The number of hydrogen-bond donors (Lipinski definition) is 0. The van der Waals surface area contributed by atoms with Crippen LogP contribution in [0.1, 0.15) is 25.7 Å². The van der Waals surface area contributed by atoms with E-state index in [1.807, 2.05) is 0 Å². The van der Waals surface area contributed by atoms with Crippen LogP contribution in [0, 0.1) is 0 Å². The number of hydrogen-bond acceptors (Lipinski definition) is 0. The Bertz CT molecular complexity index is 1490. The minimum atomic E-state index is -6.00. The normalized spacial score (nSPS) is 12.0. The minimum absolute atomic E-state index is 0. The molecule has 6 aromatic carbocycles. The minimum Gasteiger partial charge on any atom is -0.418 e. The van der Waals surface area contributed by atoms with Crippen molar-refractivity contribution in [3.05, 3.63) is 206 Å². The molecule has 0 atom stereocenters. The molecule has 0 spiro atoms. The molecule has 0 heterocycles. The molecule has 0 saturated heterocycles. The van der Waals surface area contributed by atoms with Crippen molar-refractivity contribution in [2.75, 3.05) is 0 Å². The fourth-order valence-electron chi connectivity index (χ4n) is 5.21. The standard InChI is InChI=1S/2C18H15P.C8H12.BF4.Rh/c2*1-4-10-16(11-5-1)19(17-12-6-2-7-13-17)18-14-8-3-9-15-18;1-2-4-6-8-7-5-3-1;2-1(3,4)5;/h2*1-15H;1-2,7-8H,3-6H2;;/q;;;-1;. The maximum absolute atomic E-state index is 9.75. The molecule has 1 aliphatic rings. The van der Waals surface area contributed by atoms with Gasteiger partial charge in [0, 0.05) is 19.5 Å². The summed E-state index contributed by atoms with van der Waals surface area (Å²) in [7, 11) is -6.89. The van der Waals surface area contributed by atoms with Gasteiger partial charge in [-0.1, -0.05) is 206 Å². The van der Waals surface area contributed by atoms with Crippen LogP contribution in [0.5, 0.6) is 0 Å². The predicted octanol–water partition coefficient (Wildman–Crippen LogP) is 10.9. The Kier molecular flexibility index (Phi) is 19.9. The molecule has 0 bridgehead atoms. The molecule has 1 aliphatic carbocycles. The Hall–Kier alpha value is -3.93. The van der Waals surface area contributed by atoms with E-state index in [1.54, 1.807) is 0 Å². The van der Waals surface area contributed by atoms with E-state index in [0.29, 0.717) is 0 Å². The third-order valence-corrected chi connectivity index (χ3v) is 12.3. The van der Waals surface area contributed by atoms with Gasteiger partial charge in [0.15, 0.2) is 0 Å². The van der Waals surface area contributed by atoms with E-state index in [1.165, 1.54) is 57.5 Å². The van der Waals surface area contributed by atoms with Crippen molar-refractivity contribution in [3.8, 4) is 0 Å². The molecular formula is C44H42BF4P2Rh-. The molecule has 0 aliphatic heterocycles. The van der Waals surface area contributed by atoms with Crippen LogP contribution in [-0.2, 0) is 19.5 Å². The maximum atomic E-state index is 9.75. The second-order valence-corrected chi connectivity index (χ2v) is 15.7. The van der Waals surface area contributed by atoms with Gasteiger partial charge in [0.1, 0.15) is 0 Å². The molecule has 52 heavy (non-hydrogen) atoms. The van der Waals surface area contributed by atoms with E-state index in [0.717, 1.165) is 0 Å². The smallest absolute Gasteiger partial charge is 0.418 e.